The fourth-order valence-corrected chi connectivity index (χ4v) is 3.19. The van der Waals surface area contributed by atoms with Crippen LogP contribution >= 0.6 is 10.7 Å². The van der Waals surface area contributed by atoms with E-state index in [1.165, 1.54) is 12.3 Å². The zero-order valence-electron chi connectivity index (χ0n) is 11.8. The lowest BCUT2D eigenvalue weighted by atomic mass is 9.80. The number of aromatic amines is 1. The van der Waals surface area contributed by atoms with Crippen molar-refractivity contribution in [3.63, 3.8) is 0 Å². The van der Waals surface area contributed by atoms with Crippen LogP contribution in [-0.2, 0) is 9.05 Å². The Kier molecular flexibility index (Phi) is 3.90. The molecule has 1 aliphatic rings. The lowest BCUT2D eigenvalue weighted by molar-refractivity contribution is 0.0771. The predicted molar refractivity (Wildman–Crippen MR) is 77.3 cm³/mol. The highest BCUT2D eigenvalue weighted by Gasteiger charge is 2.34. The van der Waals surface area contributed by atoms with Crippen LogP contribution < -0.4 is 0 Å². The van der Waals surface area contributed by atoms with Crippen molar-refractivity contribution in [3.05, 3.63) is 18.0 Å². The number of nitrogens with zero attached hydrogens (tertiary/aromatic N) is 1. The lowest BCUT2D eigenvalue weighted by Crippen LogP contribution is -2.31. The maximum Gasteiger partial charge on any atom is 0.270 e. The van der Waals surface area contributed by atoms with Crippen molar-refractivity contribution in [3.8, 4) is 0 Å². The summed E-state index contributed by atoms with van der Waals surface area (Å²) >= 11 is 0. The molecule has 7 heteroatoms. The van der Waals surface area contributed by atoms with Crippen LogP contribution in [0.3, 0.4) is 0 Å². The minimum Gasteiger partial charge on any atom is -0.356 e. The van der Waals surface area contributed by atoms with Gasteiger partial charge in [0.2, 0.25) is 0 Å². The van der Waals surface area contributed by atoms with Gasteiger partial charge in [0.05, 0.1) is 0 Å². The Labute approximate surface area is 123 Å². The van der Waals surface area contributed by atoms with E-state index in [9.17, 15) is 13.2 Å². The standard InChI is InChI=1S/C13H19ClN2O3S/c1-13(2,3)9-4-5-16(8-9)12(17)11-6-10(7-15-11)20(14,18)19/h6-7,9,15H,4-5,8H2,1-3H3. The molecule has 1 unspecified atom stereocenters. The van der Waals surface area contributed by atoms with Crippen molar-refractivity contribution in [2.24, 2.45) is 11.3 Å². The highest BCUT2D eigenvalue weighted by Crippen LogP contribution is 2.34. The van der Waals surface area contributed by atoms with Gasteiger partial charge in [0.25, 0.3) is 15.0 Å². The Bertz CT molecular complexity index is 616. The van der Waals surface area contributed by atoms with E-state index in [1.807, 2.05) is 0 Å². The number of likely N-dealkylation sites (tertiary alicyclic amines) is 1. The summed E-state index contributed by atoms with van der Waals surface area (Å²) in [5.41, 5.74) is 0.425. The van der Waals surface area contributed by atoms with E-state index in [-0.39, 0.29) is 21.9 Å². The molecule has 0 spiro atoms. The number of hydrogen-bond donors (Lipinski definition) is 1. The van der Waals surface area contributed by atoms with Gasteiger partial charge in [-0.1, -0.05) is 20.8 Å². The maximum atomic E-state index is 12.3. The molecule has 20 heavy (non-hydrogen) atoms. The molecule has 0 bridgehead atoms. The largest absolute Gasteiger partial charge is 0.356 e. The van der Waals surface area contributed by atoms with Crippen LogP contribution in [-0.4, -0.2) is 37.3 Å². The summed E-state index contributed by atoms with van der Waals surface area (Å²) in [6, 6.07) is 1.29. The van der Waals surface area contributed by atoms with Gasteiger partial charge in [-0.2, -0.15) is 0 Å². The molecule has 1 atom stereocenters. The van der Waals surface area contributed by atoms with Crippen LogP contribution in [0.4, 0.5) is 0 Å². The molecular weight excluding hydrogens is 300 g/mol. The quantitative estimate of drug-likeness (QED) is 0.851. The van der Waals surface area contributed by atoms with E-state index >= 15 is 0 Å². The second kappa shape index (κ2) is 5.07. The molecule has 1 fully saturated rings. The third kappa shape index (κ3) is 3.17. The highest BCUT2D eigenvalue weighted by atomic mass is 35.7. The first-order valence-electron chi connectivity index (χ1n) is 6.51. The van der Waals surface area contributed by atoms with Crippen molar-refractivity contribution < 1.29 is 13.2 Å². The molecule has 1 N–H and O–H groups in total. The number of halogens is 1. The van der Waals surface area contributed by atoms with Crippen molar-refractivity contribution in [1.82, 2.24) is 9.88 Å². The number of H-pyrrole nitrogens is 1. The van der Waals surface area contributed by atoms with Crippen LogP contribution in [0, 0.1) is 11.3 Å². The molecule has 1 saturated heterocycles. The second-order valence-electron chi connectivity index (χ2n) is 6.29. The molecule has 1 aliphatic heterocycles. The molecule has 1 amide bonds. The second-order valence-corrected chi connectivity index (χ2v) is 8.86. The third-order valence-corrected chi connectivity index (χ3v) is 5.20. The average Bonchev–Trinajstić information content (AvgIpc) is 2.96. The Hall–Kier alpha value is -1.01. The molecule has 1 aromatic heterocycles. The van der Waals surface area contributed by atoms with Gasteiger partial charge in [0, 0.05) is 30.0 Å². The Morgan fingerprint density at radius 2 is 2.10 bits per heavy atom. The smallest absolute Gasteiger partial charge is 0.270 e. The third-order valence-electron chi connectivity index (χ3n) is 3.87. The first-order valence-corrected chi connectivity index (χ1v) is 8.82. The number of carbonyl (C=O) groups excluding carboxylic acids is 1. The van der Waals surface area contributed by atoms with Crippen LogP contribution in [0.1, 0.15) is 37.7 Å². The minimum atomic E-state index is -3.80. The molecule has 1 aromatic rings. The Morgan fingerprint density at radius 1 is 1.45 bits per heavy atom. The zero-order valence-corrected chi connectivity index (χ0v) is 13.4. The van der Waals surface area contributed by atoms with Gasteiger partial charge in [-0.3, -0.25) is 4.79 Å². The molecule has 5 nitrogen and oxygen atoms in total. The summed E-state index contributed by atoms with van der Waals surface area (Å²) in [7, 11) is 1.44. The van der Waals surface area contributed by atoms with E-state index in [4.69, 9.17) is 10.7 Å². The Balaban J connectivity index is 2.12. The molecular formula is C13H19ClN2O3S. The van der Waals surface area contributed by atoms with Crippen molar-refractivity contribution in [2.75, 3.05) is 13.1 Å². The maximum absolute atomic E-state index is 12.3. The molecule has 2 rings (SSSR count). The zero-order chi connectivity index (χ0) is 15.1. The number of hydrogen-bond acceptors (Lipinski definition) is 3. The normalized spacial score (nSPS) is 20.4. The summed E-state index contributed by atoms with van der Waals surface area (Å²) in [4.78, 5) is 16.7. The van der Waals surface area contributed by atoms with E-state index in [0.717, 1.165) is 6.42 Å². The summed E-state index contributed by atoms with van der Waals surface area (Å²) in [6.07, 6.45) is 2.21. The fraction of sp³-hybridized carbons (Fsp3) is 0.615. The topological polar surface area (TPSA) is 70.2 Å². The van der Waals surface area contributed by atoms with Gasteiger partial charge in [-0.25, -0.2) is 8.42 Å². The predicted octanol–water partition coefficient (Wildman–Crippen LogP) is 2.45. The van der Waals surface area contributed by atoms with E-state index < -0.39 is 9.05 Å². The van der Waals surface area contributed by atoms with Crippen LogP contribution in [0.2, 0.25) is 0 Å². The number of amides is 1. The molecule has 0 saturated carbocycles. The van der Waals surface area contributed by atoms with Crippen LogP contribution in [0.25, 0.3) is 0 Å². The molecule has 0 aliphatic carbocycles. The van der Waals surface area contributed by atoms with Crippen molar-refractivity contribution in [1.29, 1.82) is 0 Å². The van der Waals surface area contributed by atoms with Gasteiger partial charge in [-0.15, -0.1) is 0 Å². The minimum absolute atomic E-state index is 0.0749. The number of nitrogens with one attached hydrogen (secondary N) is 1. The van der Waals surface area contributed by atoms with E-state index in [2.05, 4.69) is 25.8 Å². The highest BCUT2D eigenvalue weighted by molar-refractivity contribution is 8.13. The van der Waals surface area contributed by atoms with Gasteiger partial charge in [-0.05, 0) is 23.8 Å². The fourth-order valence-electron chi connectivity index (χ4n) is 2.46. The lowest BCUT2D eigenvalue weighted by Gasteiger charge is -2.26. The summed E-state index contributed by atoms with van der Waals surface area (Å²) in [5, 5.41) is 0. The number of rotatable bonds is 2. The first-order chi connectivity index (χ1) is 9.09. The number of carbonyl (C=O) groups is 1. The van der Waals surface area contributed by atoms with Crippen molar-refractivity contribution in [2.45, 2.75) is 32.1 Å². The number of aromatic nitrogens is 1. The summed E-state index contributed by atoms with van der Waals surface area (Å²) < 4.78 is 22.4. The van der Waals surface area contributed by atoms with Gasteiger partial charge in [0.1, 0.15) is 10.6 Å². The van der Waals surface area contributed by atoms with Crippen molar-refractivity contribution >= 4 is 25.6 Å². The summed E-state index contributed by atoms with van der Waals surface area (Å²) in [6.45, 7) is 7.89. The van der Waals surface area contributed by atoms with Gasteiger partial charge < -0.3 is 9.88 Å². The van der Waals surface area contributed by atoms with Crippen LogP contribution in [0.15, 0.2) is 17.2 Å². The molecule has 112 valence electrons. The molecule has 0 aromatic carbocycles. The molecule has 2 heterocycles. The SMILES string of the molecule is CC(C)(C)C1CCN(C(=O)c2cc(S(=O)(=O)Cl)c[nH]2)C1. The molecule has 0 radical (unpaired) electrons. The Morgan fingerprint density at radius 3 is 2.55 bits per heavy atom. The van der Waals surface area contributed by atoms with E-state index in [0.29, 0.717) is 19.0 Å². The average molecular weight is 319 g/mol. The summed E-state index contributed by atoms with van der Waals surface area (Å²) in [5.74, 6) is 0.279. The van der Waals surface area contributed by atoms with Crippen LogP contribution in [0.5, 0.6) is 0 Å². The monoisotopic (exact) mass is 318 g/mol. The van der Waals surface area contributed by atoms with Gasteiger partial charge in [0.15, 0.2) is 0 Å². The van der Waals surface area contributed by atoms with Gasteiger partial charge >= 0.3 is 0 Å². The van der Waals surface area contributed by atoms with E-state index in [1.54, 1.807) is 4.90 Å². The first kappa shape index (κ1) is 15.4.